The van der Waals surface area contributed by atoms with E-state index in [1.807, 2.05) is 31.2 Å². The van der Waals surface area contributed by atoms with Gasteiger partial charge in [-0.3, -0.25) is 4.57 Å². The van der Waals surface area contributed by atoms with E-state index in [2.05, 4.69) is 15.3 Å². The molecule has 1 saturated carbocycles. The van der Waals surface area contributed by atoms with Gasteiger partial charge in [-0.1, -0.05) is 55.8 Å². The lowest BCUT2D eigenvalue weighted by molar-refractivity contribution is 0.311. The van der Waals surface area contributed by atoms with Gasteiger partial charge in [0.25, 0.3) is 0 Å². The quantitative estimate of drug-likeness (QED) is 0.375. The highest BCUT2D eigenvalue weighted by atomic mass is 35.5. The number of hydrogen-bond acceptors (Lipinski definition) is 5. The maximum Gasteiger partial charge on any atom is 0.347 e. The van der Waals surface area contributed by atoms with E-state index in [1.165, 1.54) is 24.1 Å². The Morgan fingerprint density at radius 3 is 2.70 bits per heavy atom. The van der Waals surface area contributed by atoms with Gasteiger partial charge in [-0.25, -0.2) is 9.97 Å². The molecular weight excluding hydrogens is 441 g/mol. The van der Waals surface area contributed by atoms with Crippen molar-refractivity contribution in [3.8, 4) is 10.4 Å². The largest absolute Gasteiger partial charge is 0.356 e. The summed E-state index contributed by atoms with van der Waals surface area (Å²) in [7, 11) is -4.33. The van der Waals surface area contributed by atoms with Gasteiger partial charge in [0.05, 0.1) is 5.39 Å². The van der Waals surface area contributed by atoms with Crippen LogP contribution in [-0.4, -0.2) is 25.5 Å². The maximum atomic E-state index is 12.2. The SMILES string of the molecule is Cc1ccc(-c2cc3c(N[C@@H](CC4CCCCC4)P(=O)(O)O)ncnc3s2)cc1Cl. The van der Waals surface area contributed by atoms with Crippen molar-refractivity contribution in [2.24, 2.45) is 5.92 Å². The molecule has 3 aromatic rings. The average Bonchev–Trinajstić information content (AvgIpc) is 3.15. The number of anilines is 1. The minimum Gasteiger partial charge on any atom is -0.356 e. The first-order valence-electron chi connectivity index (χ1n) is 10.1. The van der Waals surface area contributed by atoms with Gasteiger partial charge in [0.2, 0.25) is 0 Å². The number of nitrogens with one attached hydrogen (secondary N) is 1. The van der Waals surface area contributed by atoms with E-state index in [9.17, 15) is 14.4 Å². The van der Waals surface area contributed by atoms with Gasteiger partial charge in [-0.15, -0.1) is 11.3 Å². The molecule has 6 nitrogen and oxygen atoms in total. The van der Waals surface area contributed by atoms with E-state index in [-0.39, 0.29) is 0 Å². The van der Waals surface area contributed by atoms with Crippen LogP contribution in [0.1, 0.15) is 44.1 Å². The number of fused-ring (bicyclic) bond motifs is 1. The lowest BCUT2D eigenvalue weighted by atomic mass is 9.87. The summed E-state index contributed by atoms with van der Waals surface area (Å²) >= 11 is 7.79. The van der Waals surface area contributed by atoms with Crippen LogP contribution in [0.25, 0.3) is 20.7 Å². The molecule has 3 N–H and O–H groups in total. The molecule has 4 rings (SSSR count). The van der Waals surface area contributed by atoms with E-state index in [0.29, 0.717) is 23.2 Å². The molecule has 1 aliphatic carbocycles. The Labute approximate surface area is 184 Å². The highest BCUT2D eigenvalue weighted by Crippen LogP contribution is 2.47. The third kappa shape index (κ3) is 4.87. The molecular formula is C21H25ClN3O3PS. The Bertz CT molecular complexity index is 1090. The van der Waals surface area contributed by atoms with E-state index in [1.54, 1.807) is 0 Å². The Balaban J connectivity index is 1.64. The molecule has 1 aromatic carbocycles. The number of aryl methyl sites for hydroxylation is 1. The lowest BCUT2D eigenvalue weighted by Gasteiger charge is -2.28. The molecule has 1 atom stereocenters. The van der Waals surface area contributed by atoms with Gasteiger partial charge >= 0.3 is 7.60 Å². The summed E-state index contributed by atoms with van der Waals surface area (Å²) in [5.41, 5.74) is 1.99. The number of benzene rings is 1. The Hall–Kier alpha value is -1.50. The molecule has 0 radical (unpaired) electrons. The number of rotatable bonds is 6. The second kappa shape index (κ2) is 8.93. The number of halogens is 1. The van der Waals surface area contributed by atoms with E-state index >= 15 is 0 Å². The maximum absolute atomic E-state index is 12.2. The minimum atomic E-state index is -4.33. The molecule has 0 bridgehead atoms. The molecule has 2 heterocycles. The molecule has 0 aliphatic heterocycles. The normalized spacial score (nSPS) is 16.7. The summed E-state index contributed by atoms with van der Waals surface area (Å²) in [6.45, 7) is 1.96. The van der Waals surface area contributed by atoms with Crippen LogP contribution in [0.4, 0.5) is 5.82 Å². The van der Waals surface area contributed by atoms with E-state index in [4.69, 9.17) is 11.6 Å². The predicted octanol–water partition coefficient (Wildman–Crippen LogP) is 6.21. The lowest BCUT2D eigenvalue weighted by Crippen LogP contribution is -2.25. The molecule has 160 valence electrons. The van der Waals surface area contributed by atoms with Crippen LogP contribution in [0, 0.1) is 12.8 Å². The van der Waals surface area contributed by atoms with Crippen molar-refractivity contribution in [3.63, 3.8) is 0 Å². The van der Waals surface area contributed by atoms with Crippen molar-refractivity contribution in [3.05, 3.63) is 41.2 Å². The Morgan fingerprint density at radius 2 is 2.00 bits per heavy atom. The van der Waals surface area contributed by atoms with Crippen molar-refractivity contribution >= 4 is 46.6 Å². The van der Waals surface area contributed by atoms with Gasteiger partial charge in [0.15, 0.2) is 0 Å². The molecule has 0 amide bonds. The van der Waals surface area contributed by atoms with Crippen LogP contribution in [-0.2, 0) is 4.57 Å². The van der Waals surface area contributed by atoms with E-state index < -0.39 is 13.4 Å². The molecule has 1 aliphatic rings. The summed E-state index contributed by atoms with van der Waals surface area (Å²) in [6.07, 6.45) is 7.39. The Morgan fingerprint density at radius 1 is 1.23 bits per heavy atom. The first-order chi connectivity index (χ1) is 14.3. The third-order valence-electron chi connectivity index (χ3n) is 5.78. The molecule has 0 unspecified atom stereocenters. The van der Waals surface area contributed by atoms with Crippen molar-refractivity contribution in [2.75, 3.05) is 5.32 Å². The van der Waals surface area contributed by atoms with Crippen molar-refractivity contribution in [1.82, 2.24) is 9.97 Å². The van der Waals surface area contributed by atoms with Crippen LogP contribution >= 0.6 is 30.5 Å². The number of thiophene rings is 1. The predicted molar refractivity (Wildman–Crippen MR) is 123 cm³/mol. The van der Waals surface area contributed by atoms with Crippen LogP contribution in [0.2, 0.25) is 5.02 Å². The second-order valence-electron chi connectivity index (χ2n) is 8.00. The number of nitrogens with zero attached hydrogens (tertiary/aromatic N) is 2. The van der Waals surface area contributed by atoms with Gasteiger partial charge in [0, 0.05) is 9.90 Å². The first kappa shape index (κ1) is 21.7. The fourth-order valence-corrected chi connectivity index (χ4v) is 6.07. The molecule has 0 saturated heterocycles. The van der Waals surface area contributed by atoms with E-state index in [0.717, 1.165) is 51.9 Å². The van der Waals surface area contributed by atoms with Gasteiger partial charge in [-0.2, -0.15) is 0 Å². The van der Waals surface area contributed by atoms with Crippen LogP contribution in [0.5, 0.6) is 0 Å². The zero-order valence-corrected chi connectivity index (χ0v) is 19.2. The number of aromatic nitrogens is 2. The van der Waals surface area contributed by atoms with Crippen molar-refractivity contribution in [2.45, 2.75) is 51.2 Å². The summed E-state index contributed by atoms with van der Waals surface area (Å²) in [5, 5.41) is 4.52. The molecule has 1 fully saturated rings. The van der Waals surface area contributed by atoms with Gasteiger partial charge in [0.1, 0.15) is 22.8 Å². The topological polar surface area (TPSA) is 95.3 Å². The fraction of sp³-hybridized carbons (Fsp3) is 0.429. The van der Waals surface area contributed by atoms with Gasteiger partial charge < -0.3 is 15.1 Å². The second-order valence-corrected chi connectivity index (χ2v) is 11.2. The zero-order valence-electron chi connectivity index (χ0n) is 16.7. The summed E-state index contributed by atoms with van der Waals surface area (Å²) in [4.78, 5) is 30.4. The van der Waals surface area contributed by atoms with Crippen LogP contribution in [0.3, 0.4) is 0 Å². The average molecular weight is 466 g/mol. The number of hydrogen-bond donors (Lipinski definition) is 3. The highest BCUT2D eigenvalue weighted by molar-refractivity contribution is 7.52. The van der Waals surface area contributed by atoms with Gasteiger partial charge in [-0.05, 0) is 42.5 Å². The highest BCUT2D eigenvalue weighted by Gasteiger charge is 2.32. The minimum absolute atomic E-state index is 0.328. The third-order valence-corrected chi connectivity index (χ3v) is 8.43. The van der Waals surface area contributed by atoms with Crippen molar-refractivity contribution in [1.29, 1.82) is 0 Å². The summed E-state index contributed by atoms with van der Waals surface area (Å²) < 4.78 is 12.2. The fourth-order valence-electron chi connectivity index (χ4n) is 4.04. The van der Waals surface area contributed by atoms with Crippen molar-refractivity contribution < 1.29 is 14.4 Å². The monoisotopic (exact) mass is 465 g/mol. The standard InChI is InChI=1S/C21H25ClN3O3PS/c1-13-7-8-15(10-17(13)22)18-11-16-20(23-12-24-21(16)30-18)25-19(29(26,27)28)9-14-5-3-2-4-6-14/h7-8,10-12,14,19H,2-6,9H2,1H3,(H,23,24,25)(H2,26,27,28)/t19-/m1/s1. The summed E-state index contributed by atoms with van der Waals surface area (Å²) in [5.74, 6) is -0.158. The Kier molecular flexibility index (Phi) is 6.47. The molecule has 30 heavy (non-hydrogen) atoms. The zero-order chi connectivity index (χ0) is 21.3. The van der Waals surface area contributed by atoms with Crippen LogP contribution < -0.4 is 5.32 Å². The molecule has 9 heteroatoms. The van der Waals surface area contributed by atoms with Crippen LogP contribution in [0.15, 0.2) is 30.6 Å². The molecule has 0 spiro atoms. The smallest absolute Gasteiger partial charge is 0.347 e. The summed E-state index contributed by atoms with van der Waals surface area (Å²) in [6, 6.07) is 7.86. The molecule has 2 aromatic heterocycles. The first-order valence-corrected chi connectivity index (χ1v) is 13.0.